The zero-order valence-electron chi connectivity index (χ0n) is 7.64. The quantitative estimate of drug-likeness (QED) is 0.698. The SMILES string of the molecule is N#Cc1cccc(-c2ncco2)c1C#N. The van der Waals surface area contributed by atoms with Gasteiger partial charge < -0.3 is 4.42 Å². The van der Waals surface area contributed by atoms with Gasteiger partial charge in [-0.25, -0.2) is 4.98 Å². The van der Waals surface area contributed by atoms with Crippen LogP contribution < -0.4 is 0 Å². The van der Waals surface area contributed by atoms with Crippen LogP contribution in [0.1, 0.15) is 11.1 Å². The van der Waals surface area contributed by atoms with Gasteiger partial charge in [-0.2, -0.15) is 10.5 Å². The summed E-state index contributed by atoms with van der Waals surface area (Å²) in [7, 11) is 0. The number of hydrogen-bond acceptors (Lipinski definition) is 4. The molecule has 2 rings (SSSR count). The maximum absolute atomic E-state index is 8.96. The van der Waals surface area contributed by atoms with Crippen LogP contribution in [0.2, 0.25) is 0 Å². The smallest absolute Gasteiger partial charge is 0.227 e. The van der Waals surface area contributed by atoms with E-state index >= 15 is 0 Å². The zero-order valence-corrected chi connectivity index (χ0v) is 7.64. The van der Waals surface area contributed by atoms with Crippen molar-refractivity contribution in [3.8, 4) is 23.6 Å². The van der Waals surface area contributed by atoms with Crippen LogP contribution in [0.3, 0.4) is 0 Å². The minimum absolute atomic E-state index is 0.294. The summed E-state index contributed by atoms with van der Waals surface area (Å²) in [5.41, 5.74) is 1.16. The second-order valence-electron chi connectivity index (χ2n) is 2.79. The summed E-state index contributed by atoms with van der Waals surface area (Å²) in [6, 6.07) is 8.92. The molecule has 0 aliphatic heterocycles. The van der Waals surface area contributed by atoms with E-state index in [4.69, 9.17) is 14.9 Å². The van der Waals surface area contributed by atoms with Crippen molar-refractivity contribution in [2.45, 2.75) is 0 Å². The van der Waals surface area contributed by atoms with E-state index in [1.807, 2.05) is 12.1 Å². The van der Waals surface area contributed by atoms with Crippen molar-refractivity contribution < 1.29 is 4.42 Å². The fraction of sp³-hybridized carbons (Fsp3) is 0. The molecular formula is C11H5N3O. The molecule has 1 heterocycles. The molecule has 4 nitrogen and oxygen atoms in total. The van der Waals surface area contributed by atoms with E-state index in [-0.39, 0.29) is 0 Å². The van der Waals surface area contributed by atoms with Crippen LogP contribution in [-0.4, -0.2) is 4.98 Å². The summed E-state index contributed by atoms with van der Waals surface area (Å²) in [6.45, 7) is 0. The summed E-state index contributed by atoms with van der Waals surface area (Å²) in [5.74, 6) is 0.351. The lowest BCUT2D eigenvalue weighted by atomic mass is 10.0. The molecule has 0 amide bonds. The van der Waals surface area contributed by atoms with Gasteiger partial charge in [-0.3, -0.25) is 0 Å². The molecule has 1 aromatic carbocycles. The summed E-state index contributed by atoms with van der Waals surface area (Å²) in [4.78, 5) is 3.94. The van der Waals surface area contributed by atoms with Gasteiger partial charge >= 0.3 is 0 Å². The van der Waals surface area contributed by atoms with Gasteiger partial charge in [-0.1, -0.05) is 6.07 Å². The first-order valence-corrected chi connectivity index (χ1v) is 4.20. The zero-order chi connectivity index (χ0) is 10.7. The molecule has 0 saturated heterocycles. The Morgan fingerprint density at radius 2 is 2.07 bits per heavy atom. The first-order valence-electron chi connectivity index (χ1n) is 4.20. The molecule has 0 aliphatic carbocycles. The highest BCUT2D eigenvalue weighted by Crippen LogP contribution is 2.23. The van der Waals surface area contributed by atoms with E-state index in [9.17, 15) is 0 Å². The molecule has 0 spiro atoms. The van der Waals surface area contributed by atoms with Gasteiger partial charge in [0.2, 0.25) is 5.89 Å². The highest BCUT2D eigenvalue weighted by atomic mass is 16.3. The van der Waals surface area contributed by atoms with Gasteiger partial charge in [0.15, 0.2) is 0 Å². The van der Waals surface area contributed by atoms with Crippen LogP contribution in [0.5, 0.6) is 0 Å². The van der Waals surface area contributed by atoms with Crippen molar-refractivity contribution in [1.82, 2.24) is 4.98 Å². The highest BCUT2D eigenvalue weighted by Gasteiger charge is 2.12. The van der Waals surface area contributed by atoms with Gasteiger partial charge in [0.1, 0.15) is 18.4 Å². The fourth-order valence-electron chi connectivity index (χ4n) is 1.30. The summed E-state index contributed by atoms with van der Waals surface area (Å²) < 4.78 is 5.09. The maximum atomic E-state index is 8.96. The van der Waals surface area contributed by atoms with Crippen molar-refractivity contribution >= 4 is 0 Å². The lowest BCUT2D eigenvalue weighted by molar-refractivity contribution is 0.574. The minimum atomic E-state index is 0.294. The predicted octanol–water partition coefficient (Wildman–Crippen LogP) is 2.08. The van der Waals surface area contributed by atoms with E-state index < -0.39 is 0 Å². The minimum Gasteiger partial charge on any atom is -0.444 e. The molecule has 2 aromatic rings. The number of oxazole rings is 1. The molecule has 0 saturated carbocycles. The third kappa shape index (κ3) is 1.45. The largest absolute Gasteiger partial charge is 0.444 e. The van der Waals surface area contributed by atoms with E-state index in [0.717, 1.165) is 0 Å². The van der Waals surface area contributed by atoms with E-state index in [1.54, 1.807) is 18.2 Å². The van der Waals surface area contributed by atoms with Crippen LogP contribution in [0, 0.1) is 22.7 Å². The number of rotatable bonds is 1. The Bertz CT molecular complexity index is 559. The lowest BCUT2D eigenvalue weighted by Gasteiger charge is -1.99. The third-order valence-corrected chi connectivity index (χ3v) is 1.96. The molecule has 70 valence electrons. The Kier molecular flexibility index (Phi) is 2.19. The number of benzene rings is 1. The Labute approximate surface area is 86.0 Å². The summed E-state index contributed by atoms with van der Waals surface area (Å²) >= 11 is 0. The normalized spacial score (nSPS) is 9.20. The van der Waals surface area contributed by atoms with Crippen molar-refractivity contribution in [3.05, 3.63) is 41.8 Å². The molecule has 1 aromatic heterocycles. The van der Waals surface area contributed by atoms with Crippen LogP contribution in [-0.2, 0) is 0 Å². The number of hydrogen-bond donors (Lipinski definition) is 0. The number of aromatic nitrogens is 1. The van der Waals surface area contributed by atoms with Crippen LogP contribution in [0.4, 0.5) is 0 Å². The Morgan fingerprint density at radius 1 is 1.20 bits per heavy atom. The molecule has 0 N–H and O–H groups in total. The average Bonchev–Trinajstić information content (AvgIpc) is 2.81. The molecule has 0 atom stereocenters. The van der Waals surface area contributed by atoms with Gasteiger partial charge in [-0.05, 0) is 12.1 Å². The molecule has 0 unspecified atom stereocenters. The van der Waals surface area contributed by atoms with Crippen molar-refractivity contribution in [2.75, 3.05) is 0 Å². The fourth-order valence-corrected chi connectivity index (χ4v) is 1.30. The lowest BCUT2D eigenvalue weighted by Crippen LogP contribution is -1.88. The highest BCUT2D eigenvalue weighted by molar-refractivity contribution is 5.67. The Hall–Kier alpha value is -2.59. The van der Waals surface area contributed by atoms with Crippen molar-refractivity contribution in [1.29, 1.82) is 10.5 Å². The standard InChI is InChI=1S/C11H5N3O/c12-6-8-2-1-3-9(10(8)7-13)11-14-4-5-15-11/h1-5H. The summed E-state index contributed by atoms with van der Waals surface area (Å²) in [5, 5.41) is 17.8. The molecular weight excluding hydrogens is 190 g/mol. The third-order valence-electron chi connectivity index (χ3n) is 1.96. The first kappa shape index (κ1) is 8.98. The van der Waals surface area contributed by atoms with Crippen LogP contribution >= 0.6 is 0 Å². The van der Waals surface area contributed by atoms with E-state index in [0.29, 0.717) is 22.6 Å². The van der Waals surface area contributed by atoms with Gasteiger partial charge in [-0.15, -0.1) is 0 Å². The Balaban J connectivity index is 2.70. The van der Waals surface area contributed by atoms with Gasteiger partial charge in [0.05, 0.1) is 22.9 Å². The number of nitrogens with zero attached hydrogens (tertiary/aromatic N) is 3. The van der Waals surface area contributed by atoms with Gasteiger partial charge in [0.25, 0.3) is 0 Å². The predicted molar refractivity (Wildman–Crippen MR) is 51.4 cm³/mol. The second kappa shape index (κ2) is 3.65. The van der Waals surface area contributed by atoms with Crippen LogP contribution in [0.15, 0.2) is 35.1 Å². The second-order valence-corrected chi connectivity index (χ2v) is 2.79. The molecule has 0 radical (unpaired) electrons. The van der Waals surface area contributed by atoms with Crippen LogP contribution in [0.25, 0.3) is 11.5 Å². The molecule has 15 heavy (non-hydrogen) atoms. The monoisotopic (exact) mass is 195 g/mol. The van der Waals surface area contributed by atoms with Crippen molar-refractivity contribution in [3.63, 3.8) is 0 Å². The molecule has 4 heteroatoms. The maximum Gasteiger partial charge on any atom is 0.227 e. The number of nitriles is 2. The van der Waals surface area contributed by atoms with Gasteiger partial charge in [0, 0.05) is 0 Å². The molecule has 0 aliphatic rings. The summed E-state index contributed by atoms with van der Waals surface area (Å²) in [6.07, 6.45) is 2.92. The topological polar surface area (TPSA) is 73.6 Å². The molecule has 0 bridgehead atoms. The van der Waals surface area contributed by atoms with Crippen molar-refractivity contribution in [2.24, 2.45) is 0 Å². The Morgan fingerprint density at radius 3 is 2.67 bits per heavy atom. The molecule has 0 fully saturated rings. The van der Waals surface area contributed by atoms with E-state index in [2.05, 4.69) is 4.98 Å². The average molecular weight is 195 g/mol. The first-order chi connectivity index (χ1) is 7.36. The van der Waals surface area contributed by atoms with E-state index in [1.165, 1.54) is 12.5 Å².